The summed E-state index contributed by atoms with van der Waals surface area (Å²) in [4.78, 5) is 51.2. The van der Waals surface area contributed by atoms with Crippen LogP contribution >= 0.6 is 46.6 Å². The first-order valence-corrected chi connectivity index (χ1v) is 15.5. The third kappa shape index (κ3) is 4.85. The molecule has 7 nitrogen and oxygen atoms in total. The molecule has 4 rings (SSSR count). The quantitative estimate of drug-likeness (QED) is 0.274. The van der Waals surface area contributed by atoms with Crippen LogP contribution in [0.1, 0.15) is 59.8 Å². The van der Waals surface area contributed by atoms with Crippen molar-refractivity contribution in [2.75, 3.05) is 12.4 Å². The molecule has 0 saturated heterocycles. The number of halogens is 4. The van der Waals surface area contributed by atoms with E-state index in [9.17, 15) is 24.3 Å². The standard InChI is InChI=1S/C28H34Cl3FO7S/c1-5-22(36)39-28(21(35)13-40-23(37)38-14-26(29,30)31)15(2)10-19-18-7-6-16-11-17(33)8-9-24(16,3)27(18,32)20(34)12-25(19,28)4/h8-9,11,15,18-20,34H,5-7,10,12-14H2,1-4H3/t15-,18-,19-,20-,24-,25-,27-,28-/m0/s1. The number of carbonyl (C=O) groups is 4. The number of fused-ring (bicyclic) bond motifs is 5. The number of hydrogen-bond acceptors (Lipinski definition) is 8. The Morgan fingerprint density at radius 1 is 1.23 bits per heavy atom. The molecular weight excluding hydrogens is 606 g/mol. The number of carbonyl (C=O) groups excluding carboxylic acids is 4. The minimum absolute atomic E-state index is 0.00497. The first-order valence-electron chi connectivity index (χ1n) is 13.4. The molecule has 0 aromatic heterocycles. The van der Waals surface area contributed by atoms with Gasteiger partial charge in [0.05, 0.1) is 11.9 Å². The molecule has 0 spiro atoms. The zero-order valence-corrected chi connectivity index (χ0v) is 25.9. The summed E-state index contributed by atoms with van der Waals surface area (Å²) in [6.07, 6.45) is 3.94. The van der Waals surface area contributed by atoms with Crippen LogP contribution in [0.25, 0.3) is 0 Å². The third-order valence-electron chi connectivity index (χ3n) is 9.83. The lowest BCUT2D eigenvalue weighted by atomic mass is 9.44. The molecular formula is C28H34Cl3FO7S. The summed E-state index contributed by atoms with van der Waals surface area (Å²) in [6, 6.07) is 0. The number of rotatable bonds is 6. The van der Waals surface area contributed by atoms with E-state index in [4.69, 9.17) is 44.3 Å². The smallest absolute Gasteiger partial charge is 0.367 e. The van der Waals surface area contributed by atoms with Gasteiger partial charge in [0.15, 0.2) is 22.8 Å². The molecule has 40 heavy (non-hydrogen) atoms. The second-order valence-electron chi connectivity index (χ2n) is 11.8. The lowest BCUT2D eigenvalue weighted by molar-refractivity contribution is -0.226. The van der Waals surface area contributed by atoms with Gasteiger partial charge in [-0.15, -0.1) is 0 Å². The third-order valence-corrected chi connectivity index (χ3v) is 10.9. The molecule has 0 aromatic rings. The number of Topliss-reactive ketones (excluding diaryl/α,β-unsaturated/α-hetero) is 1. The summed E-state index contributed by atoms with van der Waals surface area (Å²) in [7, 11) is 0. The van der Waals surface area contributed by atoms with Crippen LogP contribution in [0.2, 0.25) is 0 Å². The Kier molecular flexibility index (Phi) is 8.63. The molecule has 0 aliphatic heterocycles. The maximum Gasteiger partial charge on any atom is 0.367 e. The van der Waals surface area contributed by atoms with Crippen LogP contribution in [0.3, 0.4) is 0 Å². The highest BCUT2D eigenvalue weighted by atomic mass is 35.6. The Balaban J connectivity index is 1.70. The normalized spacial score (nSPS) is 40.4. The van der Waals surface area contributed by atoms with Crippen LogP contribution in [0, 0.1) is 28.6 Å². The average molecular weight is 640 g/mol. The molecule has 4 aliphatic carbocycles. The maximum absolute atomic E-state index is 17.5. The Bertz CT molecular complexity index is 1170. The topological polar surface area (TPSA) is 107 Å². The molecule has 0 amide bonds. The second-order valence-corrected chi connectivity index (χ2v) is 15.3. The number of allylic oxidation sites excluding steroid dienone is 4. The van der Waals surface area contributed by atoms with Crippen LogP contribution < -0.4 is 0 Å². The second kappa shape index (κ2) is 10.9. The number of alkyl halides is 4. The van der Waals surface area contributed by atoms with E-state index in [0.717, 1.165) is 0 Å². The van der Waals surface area contributed by atoms with Gasteiger partial charge in [-0.1, -0.05) is 67.2 Å². The first kappa shape index (κ1) is 31.8. The fourth-order valence-electron chi connectivity index (χ4n) is 8.06. The van der Waals surface area contributed by atoms with E-state index < -0.39 is 73.4 Å². The van der Waals surface area contributed by atoms with E-state index in [-0.39, 0.29) is 24.4 Å². The van der Waals surface area contributed by atoms with Crippen LogP contribution in [0.4, 0.5) is 9.18 Å². The largest absolute Gasteiger partial charge is 0.453 e. The van der Waals surface area contributed by atoms with Crippen molar-refractivity contribution < 1.29 is 38.1 Å². The van der Waals surface area contributed by atoms with Crippen molar-refractivity contribution in [3.05, 3.63) is 23.8 Å². The highest BCUT2D eigenvalue weighted by molar-refractivity contribution is 8.13. The van der Waals surface area contributed by atoms with E-state index in [0.29, 0.717) is 36.6 Å². The Labute approximate surface area is 252 Å². The summed E-state index contributed by atoms with van der Waals surface area (Å²) in [5.74, 6) is -3.33. The highest BCUT2D eigenvalue weighted by Crippen LogP contribution is 2.71. The summed E-state index contributed by atoms with van der Waals surface area (Å²) in [6.45, 7) is 6.39. The number of thioether (sulfide) groups is 1. The van der Waals surface area contributed by atoms with Gasteiger partial charge in [0.1, 0.15) is 6.61 Å². The molecule has 1 N–H and O–H groups in total. The predicted molar refractivity (Wildman–Crippen MR) is 151 cm³/mol. The van der Waals surface area contributed by atoms with Crippen molar-refractivity contribution in [1.29, 1.82) is 0 Å². The van der Waals surface area contributed by atoms with Crippen molar-refractivity contribution in [3.8, 4) is 0 Å². The van der Waals surface area contributed by atoms with Crippen LogP contribution in [0.15, 0.2) is 23.8 Å². The number of aliphatic hydroxyl groups excluding tert-OH is 1. The van der Waals surface area contributed by atoms with Crippen molar-refractivity contribution in [2.24, 2.45) is 28.6 Å². The maximum atomic E-state index is 17.5. The van der Waals surface area contributed by atoms with Crippen molar-refractivity contribution in [3.63, 3.8) is 0 Å². The summed E-state index contributed by atoms with van der Waals surface area (Å²) < 4.78 is 26.6. The molecule has 12 heteroatoms. The number of hydrogen-bond donors (Lipinski definition) is 1. The SMILES string of the molecule is CCC(=O)O[C@]1(C(=O)CSC(=O)OCC(Cl)(Cl)Cl)[C@@H](C)C[C@H]2[C@@H]3CCC4=CC(=O)C=C[C@]4(C)[C@@]3(F)[C@@H](O)C[C@@]21C. The lowest BCUT2D eigenvalue weighted by Gasteiger charge is -2.62. The fraction of sp³-hybridized carbons (Fsp3) is 0.714. The molecule has 0 unspecified atom stereocenters. The predicted octanol–water partition coefficient (Wildman–Crippen LogP) is 6.10. The Hall–Kier alpha value is -1.13. The molecule has 4 aliphatic rings. The van der Waals surface area contributed by atoms with Gasteiger partial charge in [-0.3, -0.25) is 14.4 Å². The monoisotopic (exact) mass is 638 g/mol. The van der Waals surface area contributed by atoms with Gasteiger partial charge < -0.3 is 14.6 Å². The Morgan fingerprint density at radius 3 is 2.52 bits per heavy atom. The zero-order valence-electron chi connectivity index (χ0n) is 22.8. The van der Waals surface area contributed by atoms with Crippen LogP contribution in [0.5, 0.6) is 0 Å². The van der Waals surface area contributed by atoms with Gasteiger partial charge in [-0.2, -0.15) is 0 Å². The van der Waals surface area contributed by atoms with Crippen molar-refractivity contribution >= 4 is 69.4 Å². The minimum Gasteiger partial charge on any atom is -0.453 e. The fourth-order valence-corrected chi connectivity index (χ4v) is 8.83. The number of esters is 1. The molecule has 3 fully saturated rings. The first-order chi connectivity index (χ1) is 18.5. The lowest BCUT2D eigenvalue weighted by Crippen LogP contribution is -2.70. The number of ketones is 2. The molecule has 0 aromatic carbocycles. The van der Waals surface area contributed by atoms with E-state index in [1.165, 1.54) is 12.2 Å². The minimum atomic E-state index is -2.10. The van der Waals surface area contributed by atoms with E-state index in [2.05, 4.69) is 0 Å². The van der Waals surface area contributed by atoms with Gasteiger partial charge in [-0.05, 0) is 62.4 Å². The highest BCUT2D eigenvalue weighted by Gasteiger charge is 2.77. The van der Waals surface area contributed by atoms with Crippen LogP contribution in [-0.4, -0.2) is 61.5 Å². The molecule has 222 valence electrons. The molecule has 3 saturated carbocycles. The van der Waals surface area contributed by atoms with E-state index in [1.54, 1.807) is 33.8 Å². The van der Waals surface area contributed by atoms with Gasteiger partial charge in [-0.25, -0.2) is 9.18 Å². The molecule has 0 radical (unpaired) electrons. The summed E-state index contributed by atoms with van der Waals surface area (Å²) >= 11 is 17.5. The van der Waals surface area contributed by atoms with Crippen molar-refractivity contribution in [1.82, 2.24) is 0 Å². The summed E-state index contributed by atoms with van der Waals surface area (Å²) in [5, 5.41) is 10.8. The molecule has 8 atom stereocenters. The van der Waals surface area contributed by atoms with E-state index in [1.807, 2.05) is 0 Å². The summed E-state index contributed by atoms with van der Waals surface area (Å²) in [5.41, 5.74) is -5.46. The number of ether oxygens (including phenoxy) is 2. The van der Waals surface area contributed by atoms with Gasteiger partial charge in [0.25, 0.3) is 0 Å². The Morgan fingerprint density at radius 2 is 1.90 bits per heavy atom. The van der Waals surface area contributed by atoms with Gasteiger partial charge in [0.2, 0.25) is 3.79 Å². The molecule has 0 bridgehead atoms. The van der Waals surface area contributed by atoms with Gasteiger partial charge in [0, 0.05) is 29.1 Å². The zero-order chi connectivity index (χ0) is 29.9. The van der Waals surface area contributed by atoms with Crippen LogP contribution in [-0.2, 0) is 23.9 Å². The molecule has 0 heterocycles. The van der Waals surface area contributed by atoms with E-state index >= 15 is 4.39 Å². The van der Waals surface area contributed by atoms with Gasteiger partial charge >= 0.3 is 11.3 Å². The average Bonchev–Trinajstić information content (AvgIpc) is 3.08. The van der Waals surface area contributed by atoms with Crippen molar-refractivity contribution in [2.45, 2.75) is 81.0 Å². The number of aliphatic hydroxyl groups is 1.